The van der Waals surface area contributed by atoms with E-state index in [1.807, 2.05) is 36.1 Å². The molecule has 2 aromatic heterocycles. The molecule has 0 atom stereocenters. The molecular weight excluding hydrogens is 308 g/mol. The molecule has 0 bridgehead atoms. The summed E-state index contributed by atoms with van der Waals surface area (Å²) in [5.74, 6) is 1.58. The largest absolute Gasteiger partial charge is 0.357 e. The first kappa shape index (κ1) is 14.5. The van der Waals surface area contributed by atoms with Crippen molar-refractivity contribution < 1.29 is 0 Å². The summed E-state index contributed by atoms with van der Waals surface area (Å²) in [4.78, 5) is 6.94. The fourth-order valence-electron chi connectivity index (χ4n) is 3.40. The topological polar surface area (TPSA) is 34.0 Å². The molecule has 0 N–H and O–H groups in total. The van der Waals surface area contributed by atoms with Gasteiger partial charge in [0.1, 0.15) is 11.0 Å². The van der Waals surface area contributed by atoms with Gasteiger partial charge in [-0.2, -0.15) is 5.10 Å². The van der Waals surface area contributed by atoms with Gasteiger partial charge in [0.05, 0.1) is 6.20 Å². The summed E-state index contributed by atoms with van der Waals surface area (Å²) < 4.78 is 1.88. The molecule has 23 heavy (non-hydrogen) atoms. The van der Waals surface area contributed by atoms with Crippen LogP contribution in [-0.4, -0.2) is 27.9 Å². The van der Waals surface area contributed by atoms with E-state index in [4.69, 9.17) is 11.6 Å². The second kappa shape index (κ2) is 5.85. The van der Waals surface area contributed by atoms with Crippen molar-refractivity contribution in [1.29, 1.82) is 0 Å². The summed E-state index contributed by atoms with van der Waals surface area (Å²) in [7, 11) is 1.97. The lowest BCUT2D eigenvalue weighted by Crippen LogP contribution is -2.33. The minimum atomic E-state index is 0.590. The van der Waals surface area contributed by atoms with E-state index in [1.54, 1.807) is 0 Å². The van der Waals surface area contributed by atoms with Crippen molar-refractivity contribution in [1.82, 2.24) is 14.8 Å². The van der Waals surface area contributed by atoms with E-state index in [0.29, 0.717) is 11.1 Å². The molecule has 1 saturated heterocycles. The maximum Gasteiger partial charge on any atom is 0.139 e. The quantitative estimate of drug-likeness (QED) is 0.667. The van der Waals surface area contributed by atoms with Crippen LogP contribution < -0.4 is 4.90 Å². The lowest BCUT2D eigenvalue weighted by atomic mass is 9.91. The molecule has 118 valence electrons. The fraction of sp³-hybridized carbons (Fsp3) is 0.333. The smallest absolute Gasteiger partial charge is 0.139 e. The van der Waals surface area contributed by atoms with E-state index in [-0.39, 0.29) is 0 Å². The summed E-state index contributed by atoms with van der Waals surface area (Å²) in [5, 5.41) is 7.05. The van der Waals surface area contributed by atoms with Crippen molar-refractivity contribution in [2.45, 2.75) is 18.8 Å². The van der Waals surface area contributed by atoms with Gasteiger partial charge in [-0.3, -0.25) is 4.68 Å². The lowest BCUT2D eigenvalue weighted by molar-refractivity contribution is 0.502. The van der Waals surface area contributed by atoms with E-state index >= 15 is 0 Å². The Kier molecular flexibility index (Phi) is 3.69. The number of fused-ring (bicyclic) bond motifs is 1. The third-order valence-electron chi connectivity index (χ3n) is 4.70. The number of benzene rings is 1. The third kappa shape index (κ3) is 2.79. The molecule has 4 rings (SSSR count). The predicted octanol–water partition coefficient (Wildman–Crippen LogP) is 4.01. The van der Waals surface area contributed by atoms with Crippen molar-refractivity contribution in [2.24, 2.45) is 7.05 Å². The van der Waals surface area contributed by atoms with Crippen LogP contribution >= 0.6 is 11.6 Å². The maximum absolute atomic E-state index is 6.36. The molecule has 0 spiro atoms. The average Bonchev–Trinajstić information content (AvgIpc) is 3.01. The Morgan fingerprint density at radius 1 is 1.17 bits per heavy atom. The molecule has 1 aromatic carbocycles. The van der Waals surface area contributed by atoms with Crippen molar-refractivity contribution in [3.63, 3.8) is 0 Å². The number of piperidine rings is 1. The summed E-state index contributed by atoms with van der Waals surface area (Å²) in [6, 6.07) is 10.3. The summed E-state index contributed by atoms with van der Waals surface area (Å²) in [6.07, 6.45) is 6.37. The lowest BCUT2D eigenvalue weighted by Gasteiger charge is -2.32. The van der Waals surface area contributed by atoms with Crippen LogP contribution in [0.5, 0.6) is 0 Å². The highest BCUT2D eigenvalue weighted by Crippen LogP contribution is 2.32. The van der Waals surface area contributed by atoms with Gasteiger partial charge < -0.3 is 4.90 Å². The maximum atomic E-state index is 6.36. The molecule has 0 saturated carbocycles. The number of hydrogen-bond donors (Lipinski definition) is 0. The summed E-state index contributed by atoms with van der Waals surface area (Å²) in [6.45, 7) is 2.00. The predicted molar refractivity (Wildman–Crippen MR) is 94.1 cm³/mol. The third-order valence-corrected chi connectivity index (χ3v) is 4.98. The van der Waals surface area contributed by atoms with Crippen LogP contribution in [0.2, 0.25) is 5.15 Å². The Morgan fingerprint density at radius 3 is 2.70 bits per heavy atom. The highest BCUT2D eigenvalue weighted by molar-refractivity contribution is 6.34. The molecule has 0 amide bonds. The molecule has 1 aliphatic rings. The van der Waals surface area contributed by atoms with Crippen LogP contribution in [0.25, 0.3) is 10.8 Å². The molecule has 0 radical (unpaired) electrons. The van der Waals surface area contributed by atoms with Gasteiger partial charge >= 0.3 is 0 Å². The van der Waals surface area contributed by atoms with Gasteiger partial charge in [-0.1, -0.05) is 35.9 Å². The second-order valence-electron chi connectivity index (χ2n) is 6.20. The SMILES string of the molecule is Cn1cc(C2CCN(c3cc4ccccc4c(Cl)n3)CC2)cn1. The van der Waals surface area contributed by atoms with Crippen molar-refractivity contribution in [2.75, 3.05) is 18.0 Å². The van der Waals surface area contributed by atoms with Crippen LogP contribution in [0.4, 0.5) is 5.82 Å². The molecule has 0 unspecified atom stereocenters. The molecule has 4 nitrogen and oxygen atoms in total. The van der Waals surface area contributed by atoms with Crippen molar-refractivity contribution in [3.8, 4) is 0 Å². The van der Waals surface area contributed by atoms with Gasteiger partial charge in [0.25, 0.3) is 0 Å². The number of aromatic nitrogens is 3. The first-order chi connectivity index (χ1) is 11.2. The Bertz CT molecular complexity index is 834. The van der Waals surface area contributed by atoms with Gasteiger partial charge in [-0.15, -0.1) is 0 Å². The van der Waals surface area contributed by atoms with Gasteiger partial charge in [-0.05, 0) is 35.8 Å². The Balaban J connectivity index is 1.54. The number of anilines is 1. The standard InChI is InChI=1S/C18H19ClN4/c1-22-12-15(11-20-22)13-6-8-23(9-7-13)17-10-14-4-2-3-5-16(14)18(19)21-17/h2-5,10-13H,6-9H2,1H3. The molecule has 0 aliphatic carbocycles. The highest BCUT2D eigenvalue weighted by Gasteiger charge is 2.23. The Hall–Kier alpha value is -2.07. The highest BCUT2D eigenvalue weighted by atomic mass is 35.5. The zero-order valence-electron chi connectivity index (χ0n) is 13.1. The normalized spacial score (nSPS) is 16.2. The van der Waals surface area contributed by atoms with Crippen LogP contribution in [0, 0.1) is 0 Å². The van der Waals surface area contributed by atoms with Gasteiger partial charge in [0, 0.05) is 31.7 Å². The first-order valence-electron chi connectivity index (χ1n) is 7.99. The van der Waals surface area contributed by atoms with E-state index in [2.05, 4.69) is 33.3 Å². The number of hydrogen-bond acceptors (Lipinski definition) is 3. The molecule has 3 aromatic rings. The van der Waals surface area contributed by atoms with Crippen LogP contribution in [0.1, 0.15) is 24.3 Å². The number of aryl methyl sites for hydroxylation is 1. The molecule has 3 heterocycles. The number of halogens is 1. The van der Waals surface area contributed by atoms with Crippen LogP contribution in [0.3, 0.4) is 0 Å². The molecular formula is C18H19ClN4. The first-order valence-corrected chi connectivity index (χ1v) is 8.37. The molecule has 5 heteroatoms. The van der Waals surface area contributed by atoms with Gasteiger partial charge in [0.2, 0.25) is 0 Å². The Labute approximate surface area is 140 Å². The Morgan fingerprint density at radius 2 is 1.96 bits per heavy atom. The zero-order chi connectivity index (χ0) is 15.8. The number of nitrogens with zero attached hydrogens (tertiary/aromatic N) is 4. The van der Waals surface area contributed by atoms with Gasteiger partial charge in [-0.25, -0.2) is 4.98 Å². The zero-order valence-corrected chi connectivity index (χ0v) is 13.9. The minimum absolute atomic E-state index is 0.590. The van der Waals surface area contributed by atoms with E-state index in [9.17, 15) is 0 Å². The fourth-order valence-corrected chi connectivity index (χ4v) is 3.66. The summed E-state index contributed by atoms with van der Waals surface area (Å²) >= 11 is 6.36. The average molecular weight is 327 g/mol. The van der Waals surface area contributed by atoms with Gasteiger partial charge in [0.15, 0.2) is 0 Å². The van der Waals surface area contributed by atoms with Crippen molar-refractivity contribution >= 4 is 28.2 Å². The summed E-state index contributed by atoms with van der Waals surface area (Å²) in [5.41, 5.74) is 1.34. The van der Waals surface area contributed by atoms with Crippen LogP contribution in [-0.2, 0) is 7.05 Å². The monoisotopic (exact) mass is 326 g/mol. The molecule has 1 aliphatic heterocycles. The number of rotatable bonds is 2. The number of pyridine rings is 1. The van der Waals surface area contributed by atoms with Crippen molar-refractivity contribution in [3.05, 3.63) is 53.4 Å². The minimum Gasteiger partial charge on any atom is -0.357 e. The molecule has 1 fully saturated rings. The van der Waals surface area contributed by atoms with Crippen LogP contribution in [0.15, 0.2) is 42.7 Å². The van der Waals surface area contributed by atoms with E-state index in [1.165, 1.54) is 5.56 Å². The van der Waals surface area contributed by atoms with E-state index < -0.39 is 0 Å². The van der Waals surface area contributed by atoms with E-state index in [0.717, 1.165) is 42.5 Å². The second-order valence-corrected chi connectivity index (χ2v) is 6.56.